The fourth-order valence-electron chi connectivity index (χ4n) is 1.28. The molecule has 0 bridgehead atoms. The fraction of sp³-hybridized carbons (Fsp3) is 0.100. The second kappa shape index (κ2) is 4.13. The number of aromatic carboxylic acids is 1. The number of aromatic nitrogens is 3. The molecule has 2 rings (SSSR count). The number of hydrogen-bond acceptors (Lipinski definition) is 3. The molecular weight excluding hydrogens is 251 g/mol. The number of carboxylic acid groups (broad SMARTS) is 1. The lowest BCUT2D eigenvalue weighted by Gasteiger charge is -2.03. The number of pyridine rings is 1. The predicted molar refractivity (Wildman–Crippen MR) is 53.3 cm³/mol. The summed E-state index contributed by atoms with van der Waals surface area (Å²) in [5, 5.41) is 12.0. The Labute approximate surface area is 98.5 Å². The SMILES string of the molecule is O=C(O)c1ccnc(-n2ccc(C(F)(F)F)n2)c1. The number of alkyl halides is 3. The molecule has 0 atom stereocenters. The molecule has 5 nitrogen and oxygen atoms in total. The summed E-state index contributed by atoms with van der Waals surface area (Å²) in [6.45, 7) is 0. The van der Waals surface area contributed by atoms with Gasteiger partial charge in [-0.25, -0.2) is 14.5 Å². The summed E-state index contributed by atoms with van der Waals surface area (Å²) in [6.07, 6.45) is -2.29. The lowest BCUT2D eigenvalue weighted by atomic mass is 10.3. The van der Waals surface area contributed by atoms with E-state index in [2.05, 4.69) is 10.1 Å². The Bertz CT molecular complexity index is 592. The first-order valence-electron chi connectivity index (χ1n) is 4.70. The van der Waals surface area contributed by atoms with Crippen molar-refractivity contribution in [3.63, 3.8) is 0 Å². The van der Waals surface area contributed by atoms with Crippen molar-refractivity contribution in [2.75, 3.05) is 0 Å². The van der Waals surface area contributed by atoms with Gasteiger partial charge in [-0.2, -0.15) is 18.3 Å². The van der Waals surface area contributed by atoms with E-state index >= 15 is 0 Å². The Balaban J connectivity index is 2.40. The van der Waals surface area contributed by atoms with Crippen molar-refractivity contribution in [2.24, 2.45) is 0 Å². The minimum Gasteiger partial charge on any atom is -0.478 e. The average Bonchev–Trinajstić information content (AvgIpc) is 2.78. The second-order valence-electron chi connectivity index (χ2n) is 3.35. The number of hydrogen-bond donors (Lipinski definition) is 1. The normalized spacial score (nSPS) is 11.5. The first-order valence-corrected chi connectivity index (χ1v) is 4.70. The van der Waals surface area contributed by atoms with E-state index in [0.717, 1.165) is 23.0 Å². The highest BCUT2D eigenvalue weighted by atomic mass is 19.4. The maximum absolute atomic E-state index is 12.3. The second-order valence-corrected chi connectivity index (χ2v) is 3.35. The van der Waals surface area contributed by atoms with E-state index < -0.39 is 17.8 Å². The Kier molecular flexibility index (Phi) is 2.77. The van der Waals surface area contributed by atoms with Gasteiger partial charge in [0.05, 0.1) is 5.56 Å². The van der Waals surface area contributed by atoms with Crippen molar-refractivity contribution in [3.05, 3.63) is 41.9 Å². The average molecular weight is 257 g/mol. The molecule has 0 aromatic carbocycles. The van der Waals surface area contributed by atoms with Crippen LogP contribution in [0.5, 0.6) is 0 Å². The fourth-order valence-corrected chi connectivity index (χ4v) is 1.28. The summed E-state index contributed by atoms with van der Waals surface area (Å²) in [7, 11) is 0. The summed E-state index contributed by atoms with van der Waals surface area (Å²) in [5.74, 6) is -1.19. The van der Waals surface area contributed by atoms with E-state index in [0.29, 0.717) is 0 Å². The topological polar surface area (TPSA) is 68.0 Å². The van der Waals surface area contributed by atoms with Crippen molar-refractivity contribution in [1.29, 1.82) is 0 Å². The summed E-state index contributed by atoms with van der Waals surface area (Å²) >= 11 is 0. The van der Waals surface area contributed by atoms with Crippen molar-refractivity contribution in [2.45, 2.75) is 6.18 Å². The largest absolute Gasteiger partial charge is 0.478 e. The van der Waals surface area contributed by atoms with Crippen molar-refractivity contribution in [1.82, 2.24) is 14.8 Å². The van der Waals surface area contributed by atoms with Gasteiger partial charge in [0.25, 0.3) is 0 Å². The van der Waals surface area contributed by atoms with Crippen LogP contribution in [0.1, 0.15) is 16.1 Å². The zero-order chi connectivity index (χ0) is 13.3. The highest BCUT2D eigenvalue weighted by molar-refractivity contribution is 5.87. The van der Waals surface area contributed by atoms with Crippen LogP contribution in [0.2, 0.25) is 0 Å². The molecule has 0 spiro atoms. The van der Waals surface area contributed by atoms with Gasteiger partial charge in [0, 0.05) is 12.4 Å². The maximum Gasteiger partial charge on any atom is 0.435 e. The molecule has 0 radical (unpaired) electrons. The van der Waals surface area contributed by atoms with Crippen LogP contribution >= 0.6 is 0 Å². The Morgan fingerprint density at radius 1 is 1.33 bits per heavy atom. The van der Waals surface area contributed by atoms with Crippen molar-refractivity contribution < 1.29 is 23.1 Å². The molecule has 18 heavy (non-hydrogen) atoms. The molecule has 0 fully saturated rings. The number of rotatable bonds is 2. The standard InChI is InChI=1S/C10H6F3N3O2/c11-10(12,13)7-2-4-16(15-7)8-5-6(9(17)18)1-3-14-8/h1-5H,(H,17,18). The molecule has 2 aromatic rings. The first kappa shape index (κ1) is 12.1. The highest BCUT2D eigenvalue weighted by Gasteiger charge is 2.33. The van der Waals surface area contributed by atoms with Gasteiger partial charge in [-0.15, -0.1) is 0 Å². The number of carboxylic acids is 1. The van der Waals surface area contributed by atoms with E-state index in [1.54, 1.807) is 0 Å². The summed E-state index contributed by atoms with van der Waals surface area (Å²) < 4.78 is 37.9. The molecule has 0 aliphatic carbocycles. The van der Waals surface area contributed by atoms with Gasteiger partial charge < -0.3 is 5.11 Å². The molecule has 2 aromatic heterocycles. The van der Waals surface area contributed by atoms with E-state index in [-0.39, 0.29) is 11.4 Å². The van der Waals surface area contributed by atoms with Crippen LogP contribution in [0.4, 0.5) is 13.2 Å². The van der Waals surface area contributed by atoms with Crippen LogP contribution in [-0.4, -0.2) is 25.8 Å². The summed E-state index contributed by atoms with van der Waals surface area (Å²) in [4.78, 5) is 14.5. The van der Waals surface area contributed by atoms with Crippen LogP contribution in [0.15, 0.2) is 30.6 Å². The third-order valence-corrected chi connectivity index (χ3v) is 2.11. The molecule has 0 aliphatic heterocycles. The van der Waals surface area contributed by atoms with E-state index in [4.69, 9.17) is 5.11 Å². The van der Waals surface area contributed by atoms with Gasteiger partial charge in [0.15, 0.2) is 11.5 Å². The van der Waals surface area contributed by atoms with E-state index in [1.165, 1.54) is 12.3 Å². The zero-order valence-corrected chi connectivity index (χ0v) is 8.72. The van der Waals surface area contributed by atoms with Crippen molar-refractivity contribution >= 4 is 5.97 Å². The zero-order valence-electron chi connectivity index (χ0n) is 8.72. The van der Waals surface area contributed by atoms with E-state index in [1.807, 2.05) is 0 Å². The molecule has 0 saturated heterocycles. The number of halogens is 3. The molecule has 94 valence electrons. The first-order chi connectivity index (χ1) is 8.38. The Morgan fingerprint density at radius 2 is 2.06 bits per heavy atom. The Hall–Kier alpha value is -2.38. The molecule has 0 unspecified atom stereocenters. The number of nitrogens with zero attached hydrogens (tertiary/aromatic N) is 3. The van der Waals surface area contributed by atoms with Crippen LogP contribution in [-0.2, 0) is 6.18 Å². The molecule has 0 saturated carbocycles. The molecule has 2 heterocycles. The van der Waals surface area contributed by atoms with Crippen LogP contribution in [0.3, 0.4) is 0 Å². The number of carbonyl (C=O) groups is 1. The smallest absolute Gasteiger partial charge is 0.435 e. The van der Waals surface area contributed by atoms with Crippen LogP contribution in [0, 0.1) is 0 Å². The predicted octanol–water partition coefficient (Wildman–Crippen LogP) is 1.98. The minimum atomic E-state index is -4.55. The highest BCUT2D eigenvalue weighted by Crippen LogP contribution is 2.27. The summed E-state index contributed by atoms with van der Waals surface area (Å²) in [5.41, 5.74) is -1.14. The Morgan fingerprint density at radius 3 is 2.61 bits per heavy atom. The lowest BCUT2D eigenvalue weighted by Crippen LogP contribution is -2.08. The van der Waals surface area contributed by atoms with E-state index in [9.17, 15) is 18.0 Å². The van der Waals surface area contributed by atoms with Gasteiger partial charge in [-0.05, 0) is 18.2 Å². The van der Waals surface area contributed by atoms with Gasteiger partial charge in [0.2, 0.25) is 0 Å². The third-order valence-electron chi connectivity index (χ3n) is 2.11. The molecule has 8 heteroatoms. The van der Waals surface area contributed by atoms with Gasteiger partial charge in [-0.1, -0.05) is 0 Å². The summed E-state index contributed by atoms with van der Waals surface area (Å²) in [6, 6.07) is 3.16. The monoisotopic (exact) mass is 257 g/mol. The maximum atomic E-state index is 12.3. The lowest BCUT2D eigenvalue weighted by molar-refractivity contribution is -0.141. The molecule has 1 N–H and O–H groups in total. The van der Waals surface area contributed by atoms with Crippen LogP contribution < -0.4 is 0 Å². The van der Waals surface area contributed by atoms with Crippen molar-refractivity contribution in [3.8, 4) is 5.82 Å². The van der Waals surface area contributed by atoms with Gasteiger partial charge in [-0.3, -0.25) is 0 Å². The minimum absolute atomic E-state index is 0.00500. The van der Waals surface area contributed by atoms with Gasteiger partial charge >= 0.3 is 12.1 Å². The third kappa shape index (κ3) is 2.31. The quantitative estimate of drug-likeness (QED) is 0.893. The van der Waals surface area contributed by atoms with Gasteiger partial charge in [0.1, 0.15) is 0 Å². The molecular formula is C10H6F3N3O2. The van der Waals surface area contributed by atoms with Crippen LogP contribution in [0.25, 0.3) is 5.82 Å². The molecule has 0 aliphatic rings. The molecule has 0 amide bonds.